The maximum atomic E-state index is 12.3. The van der Waals surface area contributed by atoms with Crippen LogP contribution in [-0.4, -0.2) is 60.9 Å². The van der Waals surface area contributed by atoms with Crippen molar-refractivity contribution >= 4 is 23.3 Å². The molecule has 0 atom stereocenters. The van der Waals surface area contributed by atoms with Crippen molar-refractivity contribution < 1.29 is 27.4 Å². The molecule has 3 rings (SSSR count). The number of pyridine rings is 1. The molecule has 0 bridgehead atoms. The lowest BCUT2D eigenvalue weighted by Crippen LogP contribution is -2.38. The van der Waals surface area contributed by atoms with E-state index < -0.39 is 18.6 Å². The maximum absolute atomic E-state index is 12.3. The molecule has 1 aliphatic rings. The van der Waals surface area contributed by atoms with E-state index in [9.17, 15) is 18.0 Å². The normalized spacial score (nSPS) is 15.0. The first-order valence-electron chi connectivity index (χ1n) is 11.6. The van der Waals surface area contributed by atoms with Crippen molar-refractivity contribution in [1.29, 1.82) is 0 Å². The van der Waals surface area contributed by atoms with Crippen LogP contribution in [0.5, 0.6) is 11.5 Å². The average molecular weight is 515 g/mol. The molecule has 2 aromatic rings. The number of piperidine rings is 1. The number of rotatable bonds is 10. The number of likely N-dealkylation sites (tertiary alicyclic amines) is 1. The van der Waals surface area contributed by atoms with E-state index in [-0.39, 0.29) is 11.6 Å². The first-order valence-corrected chi connectivity index (χ1v) is 11.9. The van der Waals surface area contributed by atoms with Gasteiger partial charge in [-0.2, -0.15) is 13.2 Å². The molecule has 7 nitrogen and oxygen atoms in total. The summed E-state index contributed by atoms with van der Waals surface area (Å²) < 4.78 is 48.1. The molecule has 1 fully saturated rings. The second-order valence-corrected chi connectivity index (χ2v) is 8.57. The minimum atomic E-state index is -4.45. The van der Waals surface area contributed by atoms with Crippen molar-refractivity contribution in [1.82, 2.24) is 15.2 Å². The molecule has 1 aliphatic heterocycles. The molecule has 0 radical (unpaired) electrons. The summed E-state index contributed by atoms with van der Waals surface area (Å²) in [4.78, 5) is 18.3. The van der Waals surface area contributed by atoms with Crippen molar-refractivity contribution in [3.63, 3.8) is 0 Å². The number of carbonyl (C=O) groups is 1. The number of amides is 1. The summed E-state index contributed by atoms with van der Waals surface area (Å²) in [5.74, 6) is 1.01. The molecular weight excluding hydrogens is 485 g/mol. The van der Waals surface area contributed by atoms with E-state index in [4.69, 9.17) is 21.1 Å². The first kappa shape index (κ1) is 26.9. The van der Waals surface area contributed by atoms with E-state index >= 15 is 0 Å². The molecule has 0 spiro atoms. The van der Waals surface area contributed by atoms with Gasteiger partial charge in [0.2, 0.25) is 0 Å². The average Bonchev–Trinajstić information content (AvgIpc) is 2.82. The number of aromatic nitrogens is 1. The number of nitrogens with zero attached hydrogens (tertiary/aromatic N) is 2. The molecule has 1 amide bonds. The van der Waals surface area contributed by atoms with Gasteiger partial charge in [0.05, 0.1) is 18.8 Å². The van der Waals surface area contributed by atoms with Crippen molar-refractivity contribution in [3.05, 3.63) is 46.6 Å². The third-order valence-corrected chi connectivity index (χ3v) is 5.86. The summed E-state index contributed by atoms with van der Waals surface area (Å²) >= 11 is 6.39. The largest absolute Gasteiger partial charge is 0.492 e. The second kappa shape index (κ2) is 12.3. The standard InChI is InChI=1S/C24H30ClF3N4O3/c1-3-34-19-11-16(12-20(22(19)25)35-4-2)14-32-9-7-18(8-10-32)31-21-6-5-17(13-29-21)23(33)30-15-24(26,27)28/h5-6,11-13,18H,3-4,7-10,14-15H2,1-2H3,(H,29,31)(H,30,33). The molecule has 1 aromatic heterocycles. The SMILES string of the molecule is CCOc1cc(CN2CCC(Nc3ccc(C(=O)NCC(F)(F)F)cn3)CC2)cc(OCC)c1Cl. The Labute approximate surface area is 207 Å². The van der Waals surface area contributed by atoms with E-state index in [0.29, 0.717) is 35.6 Å². The molecule has 35 heavy (non-hydrogen) atoms. The third kappa shape index (κ3) is 8.17. The topological polar surface area (TPSA) is 75.7 Å². The van der Waals surface area contributed by atoms with Crippen molar-refractivity contribution in [2.75, 3.05) is 38.2 Å². The molecule has 11 heteroatoms. The Morgan fingerprint density at radius 3 is 2.29 bits per heavy atom. The van der Waals surface area contributed by atoms with E-state index in [2.05, 4.69) is 15.2 Å². The predicted octanol–water partition coefficient (Wildman–Crippen LogP) is 4.90. The van der Waals surface area contributed by atoms with Crippen LogP contribution in [0.4, 0.5) is 19.0 Å². The highest BCUT2D eigenvalue weighted by Crippen LogP contribution is 2.36. The van der Waals surface area contributed by atoms with Crippen LogP contribution in [-0.2, 0) is 6.54 Å². The van der Waals surface area contributed by atoms with Gasteiger partial charge in [-0.15, -0.1) is 0 Å². The Balaban J connectivity index is 1.51. The number of carbonyl (C=O) groups excluding carboxylic acids is 1. The minimum absolute atomic E-state index is 0.0791. The van der Waals surface area contributed by atoms with Crippen molar-refractivity contribution in [3.8, 4) is 11.5 Å². The summed E-state index contributed by atoms with van der Waals surface area (Å²) in [6.07, 6.45) is -1.40. The van der Waals surface area contributed by atoms with Crippen LogP contribution in [0.1, 0.15) is 42.6 Å². The van der Waals surface area contributed by atoms with Crippen molar-refractivity contribution in [2.24, 2.45) is 0 Å². The summed E-state index contributed by atoms with van der Waals surface area (Å²) in [6, 6.07) is 7.17. The van der Waals surface area contributed by atoms with Gasteiger partial charge in [-0.1, -0.05) is 11.6 Å². The molecule has 192 valence electrons. The zero-order valence-electron chi connectivity index (χ0n) is 19.8. The highest BCUT2D eigenvalue weighted by atomic mass is 35.5. The fraction of sp³-hybridized carbons (Fsp3) is 0.500. The molecule has 0 saturated carbocycles. The Morgan fingerprint density at radius 1 is 1.14 bits per heavy atom. The number of nitrogens with one attached hydrogen (secondary N) is 2. The summed E-state index contributed by atoms with van der Waals surface area (Å²) in [7, 11) is 0. The third-order valence-electron chi connectivity index (χ3n) is 5.49. The molecule has 0 aliphatic carbocycles. The summed E-state index contributed by atoms with van der Waals surface area (Å²) in [5, 5.41) is 5.66. The van der Waals surface area contributed by atoms with Crippen LogP contribution in [0, 0.1) is 0 Å². The molecule has 0 unspecified atom stereocenters. The maximum Gasteiger partial charge on any atom is 0.405 e. The van der Waals surface area contributed by atoms with Crippen LogP contribution in [0.3, 0.4) is 0 Å². The Hall–Kier alpha value is -2.72. The highest BCUT2D eigenvalue weighted by molar-refractivity contribution is 6.33. The van der Waals surface area contributed by atoms with Gasteiger partial charge >= 0.3 is 6.18 Å². The van der Waals surface area contributed by atoms with Gasteiger partial charge in [0, 0.05) is 31.9 Å². The number of ether oxygens (including phenoxy) is 2. The molecule has 2 heterocycles. The van der Waals surface area contributed by atoms with E-state index in [1.807, 2.05) is 31.3 Å². The van der Waals surface area contributed by atoms with E-state index in [1.54, 1.807) is 6.07 Å². The summed E-state index contributed by atoms with van der Waals surface area (Å²) in [6.45, 7) is 5.94. The summed E-state index contributed by atoms with van der Waals surface area (Å²) in [5.41, 5.74) is 1.14. The van der Waals surface area contributed by atoms with Crippen molar-refractivity contribution in [2.45, 2.75) is 45.5 Å². The highest BCUT2D eigenvalue weighted by Gasteiger charge is 2.28. The predicted molar refractivity (Wildman–Crippen MR) is 128 cm³/mol. The lowest BCUT2D eigenvalue weighted by Gasteiger charge is -2.32. The van der Waals surface area contributed by atoms with E-state index in [0.717, 1.165) is 38.0 Å². The van der Waals surface area contributed by atoms with Crippen LogP contribution in [0.15, 0.2) is 30.5 Å². The van der Waals surface area contributed by atoms with Gasteiger partial charge in [0.15, 0.2) is 0 Å². The van der Waals surface area contributed by atoms with Gasteiger partial charge in [-0.05, 0) is 56.5 Å². The quantitative estimate of drug-likeness (QED) is 0.469. The van der Waals surface area contributed by atoms with Crippen LogP contribution in [0.25, 0.3) is 0 Å². The lowest BCUT2D eigenvalue weighted by molar-refractivity contribution is -0.123. The number of benzene rings is 1. The van der Waals surface area contributed by atoms with Crippen LogP contribution < -0.4 is 20.1 Å². The number of alkyl halides is 3. The number of hydrogen-bond donors (Lipinski definition) is 2. The molecular formula is C24H30ClF3N4O3. The molecule has 2 N–H and O–H groups in total. The monoisotopic (exact) mass is 514 g/mol. The molecule has 1 aromatic carbocycles. The second-order valence-electron chi connectivity index (χ2n) is 8.20. The Morgan fingerprint density at radius 2 is 1.77 bits per heavy atom. The number of anilines is 1. The fourth-order valence-corrected chi connectivity index (χ4v) is 4.06. The van der Waals surface area contributed by atoms with Gasteiger partial charge in [0.1, 0.15) is 28.9 Å². The van der Waals surface area contributed by atoms with Crippen LogP contribution >= 0.6 is 11.6 Å². The van der Waals surface area contributed by atoms with E-state index in [1.165, 1.54) is 12.3 Å². The zero-order valence-corrected chi connectivity index (χ0v) is 20.5. The fourth-order valence-electron chi connectivity index (χ4n) is 3.84. The van der Waals surface area contributed by atoms with Gasteiger partial charge in [-0.25, -0.2) is 4.98 Å². The Bertz CT molecular complexity index is 954. The zero-order chi connectivity index (χ0) is 25.4. The number of halogens is 4. The lowest BCUT2D eigenvalue weighted by atomic mass is 10.0. The Kier molecular flexibility index (Phi) is 9.45. The van der Waals surface area contributed by atoms with Crippen LogP contribution in [0.2, 0.25) is 5.02 Å². The molecule has 1 saturated heterocycles. The number of hydrogen-bond acceptors (Lipinski definition) is 6. The smallest absolute Gasteiger partial charge is 0.405 e. The van der Waals surface area contributed by atoms with Gasteiger partial charge in [-0.3, -0.25) is 9.69 Å². The first-order chi connectivity index (χ1) is 16.7. The van der Waals surface area contributed by atoms with Gasteiger partial charge in [0.25, 0.3) is 5.91 Å². The minimum Gasteiger partial charge on any atom is -0.492 e. The van der Waals surface area contributed by atoms with Gasteiger partial charge < -0.3 is 20.1 Å².